The van der Waals surface area contributed by atoms with Crippen molar-refractivity contribution in [3.63, 3.8) is 0 Å². The Morgan fingerprint density at radius 1 is 1.30 bits per heavy atom. The van der Waals surface area contributed by atoms with E-state index < -0.39 is 5.91 Å². The van der Waals surface area contributed by atoms with Gasteiger partial charge in [-0.3, -0.25) is 9.59 Å². The molecule has 0 aliphatic heterocycles. The first-order valence-electron chi connectivity index (χ1n) is 7.76. The van der Waals surface area contributed by atoms with Crippen molar-refractivity contribution in [2.45, 2.75) is 31.7 Å². The van der Waals surface area contributed by atoms with E-state index in [-0.39, 0.29) is 18.5 Å². The first-order chi connectivity index (χ1) is 11.1. The van der Waals surface area contributed by atoms with Crippen molar-refractivity contribution in [3.8, 4) is 0 Å². The van der Waals surface area contributed by atoms with E-state index in [1.165, 1.54) is 12.2 Å². The molecule has 0 radical (unpaired) electrons. The summed E-state index contributed by atoms with van der Waals surface area (Å²) in [6.45, 7) is -0.0542. The topological polar surface area (TPSA) is 89.4 Å². The molecule has 1 heterocycles. The molecule has 1 fully saturated rings. The van der Waals surface area contributed by atoms with E-state index in [1.807, 2.05) is 24.3 Å². The van der Waals surface area contributed by atoms with Gasteiger partial charge < -0.3 is 15.1 Å². The Labute approximate surface area is 134 Å². The number of rotatable bonds is 5. The summed E-state index contributed by atoms with van der Waals surface area (Å²) in [5, 5.41) is 0. The van der Waals surface area contributed by atoms with Gasteiger partial charge in [-0.1, -0.05) is 25.0 Å². The Balaban J connectivity index is 1.75. The van der Waals surface area contributed by atoms with E-state index in [1.54, 1.807) is 4.90 Å². The van der Waals surface area contributed by atoms with Gasteiger partial charge in [-0.2, -0.15) is 0 Å². The van der Waals surface area contributed by atoms with Gasteiger partial charge in [-0.15, -0.1) is 0 Å². The molecule has 0 saturated heterocycles. The van der Waals surface area contributed by atoms with Crippen LogP contribution in [0.4, 0.5) is 0 Å². The molecule has 1 aromatic carbocycles. The lowest BCUT2D eigenvalue weighted by Crippen LogP contribution is -2.43. The van der Waals surface area contributed by atoms with E-state index in [0.717, 1.165) is 31.2 Å². The summed E-state index contributed by atoms with van der Waals surface area (Å²) >= 11 is 0. The number of fused-ring (bicyclic) bond motifs is 1. The molecular formula is C17H19N3O3. The minimum Gasteiger partial charge on any atom is -0.437 e. The third kappa shape index (κ3) is 3.59. The number of oxazole rings is 1. The van der Waals surface area contributed by atoms with E-state index in [9.17, 15) is 9.59 Å². The van der Waals surface area contributed by atoms with Crippen LogP contribution in [0.5, 0.6) is 0 Å². The van der Waals surface area contributed by atoms with Crippen LogP contribution in [-0.4, -0.2) is 34.3 Å². The molecule has 23 heavy (non-hydrogen) atoms. The lowest BCUT2D eigenvalue weighted by atomic mass is 10.2. The molecule has 1 aliphatic rings. The number of aromatic nitrogens is 1. The van der Waals surface area contributed by atoms with Crippen LogP contribution in [-0.2, 0) is 9.59 Å². The van der Waals surface area contributed by atoms with E-state index in [0.29, 0.717) is 11.5 Å². The molecule has 2 N–H and O–H groups in total. The van der Waals surface area contributed by atoms with Crippen LogP contribution in [0.25, 0.3) is 17.2 Å². The Morgan fingerprint density at radius 3 is 2.74 bits per heavy atom. The molecule has 2 amide bonds. The zero-order chi connectivity index (χ0) is 16.2. The van der Waals surface area contributed by atoms with E-state index in [2.05, 4.69) is 4.98 Å². The maximum absolute atomic E-state index is 12.4. The van der Waals surface area contributed by atoms with Crippen LogP contribution in [0.1, 0.15) is 31.6 Å². The first kappa shape index (κ1) is 15.3. The standard InChI is InChI=1S/C17H19N3O3/c18-15(21)11-20(12-5-1-2-6-12)17(22)10-9-16-19-13-7-3-4-8-14(13)23-16/h3-4,7-10,12H,1-2,5-6,11H2,(H2,18,21)/b10-9+. The summed E-state index contributed by atoms with van der Waals surface area (Å²) in [4.78, 5) is 29.5. The molecular weight excluding hydrogens is 294 g/mol. The maximum atomic E-state index is 12.4. The van der Waals surface area contributed by atoms with Gasteiger partial charge in [0.2, 0.25) is 17.7 Å². The Kier molecular flexibility index (Phi) is 4.41. The normalized spacial score (nSPS) is 15.5. The fourth-order valence-corrected chi connectivity index (χ4v) is 2.97. The third-order valence-electron chi connectivity index (χ3n) is 4.05. The highest BCUT2D eigenvalue weighted by Crippen LogP contribution is 2.24. The van der Waals surface area contributed by atoms with Gasteiger partial charge >= 0.3 is 0 Å². The van der Waals surface area contributed by atoms with Crippen molar-refractivity contribution in [2.24, 2.45) is 5.73 Å². The van der Waals surface area contributed by atoms with Crippen molar-refractivity contribution >= 4 is 29.0 Å². The number of amides is 2. The fraction of sp³-hybridized carbons (Fsp3) is 0.353. The molecule has 0 unspecified atom stereocenters. The second kappa shape index (κ2) is 6.64. The molecule has 0 spiro atoms. The average molecular weight is 313 g/mol. The summed E-state index contributed by atoms with van der Waals surface area (Å²) in [6, 6.07) is 7.48. The zero-order valence-corrected chi connectivity index (χ0v) is 12.8. The molecule has 6 nitrogen and oxygen atoms in total. The zero-order valence-electron chi connectivity index (χ0n) is 12.8. The largest absolute Gasteiger partial charge is 0.437 e. The molecule has 6 heteroatoms. The minimum atomic E-state index is -0.500. The minimum absolute atomic E-state index is 0.0542. The van der Waals surface area contributed by atoms with Gasteiger partial charge in [0.1, 0.15) is 5.52 Å². The highest BCUT2D eigenvalue weighted by Gasteiger charge is 2.26. The van der Waals surface area contributed by atoms with Gasteiger partial charge in [0.05, 0.1) is 6.54 Å². The van der Waals surface area contributed by atoms with Crippen LogP contribution in [0.2, 0.25) is 0 Å². The predicted octanol–water partition coefficient (Wildman–Crippen LogP) is 2.10. The molecule has 3 rings (SSSR count). The fourth-order valence-electron chi connectivity index (χ4n) is 2.97. The van der Waals surface area contributed by atoms with Gasteiger partial charge in [-0.05, 0) is 25.0 Å². The predicted molar refractivity (Wildman–Crippen MR) is 86.2 cm³/mol. The van der Waals surface area contributed by atoms with Crippen LogP contribution in [0.15, 0.2) is 34.8 Å². The quantitative estimate of drug-likeness (QED) is 0.856. The number of nitrogens with two attached hydrogens (primary N) is 1. The lowest BCUT2D eigenvalue weighted by Gasteiger charge is -2.26. The SMILES string of the molecule is NC(=O)CN(C(=O)/C=C/c1nc2ccccc2o1)C1CCCC1. The third-order valence-corrected chi connectivity index (χ3v) is 4.05. The molecule has 0 atom stereocenters. The molecule has 120 valence electrons. The van der Waals surface area contributed by atoms with Crippen LogP contribution >= 0.6 is 0 Å². The molecule has 0 bridgehead atoms. The summed E-state index contributed by atoms with van der Waals surface area (Å²) in [5.74, 6) is -0.372. The van der Waals surface area contributed by atoms with Gasteiger partial charge in [0, 0.05) is 18.2 Å². The Bertz CT molecular complexity index is 711. The molecule has 1 saturated carbocycles. The number of benzene rings is 1. The summed E-state index contributed by atoms with van der Waals surface area (Å²) in [5.41, 5.74) is 6.68. The van der Waals surface area contributed by atoms with Crippen molar-refractivity contribution in [1.82, 2.24) is 9.88 Å². The second-order valence-corrected chi connectivity index (χ2v) is 5.72. The number of nitrogens with zero attached hydrogens (tertiary/aromatic N) is 2. The summed E-state index contributed by atoms with van der Waals surface area (Å²) < 4.78 is 5.54. The van der Waals surface area contributed by atoms with Gasteiger partial charge in [0.25, 0.3) is 0 Å². The number of hydrogen-bond acceptors (Lipinski definition) is 4. The first-order valence-corrected chi connectivity index (χ1v) is 7.76. The molecule has 1 aromatic heterocycles. The monoisotopic (exact) mass is 313 g/mol. The number of carbonyl (C=O) groups excluding carboxylic acids is 2. The van der Waals surface area contributed by atoms with Crippen molar-refractivity contribution in [3.05, 3.63) is 36.2 Å². The van der Waals surface area contributed by atoms with Crippen molar-refractivity contribution < 1.29 is 14.0 Å². The second-order valence-electron chi connectivity index (χ2n) is 5.72. The molecule has 2 aromatic rings. The van der Waals surface area contributed by atoms with Crippen molar-refractivity contribution in [1.29, 1.82) is 0 Å². The van der Waals surface area contributed by atoms with E-state index >= 15 is 0 Å². The number of primary amides is 1. The highest BCUT2D eigenvalue weighted by molar-refractivity contribution is 5.94. The Morgan fingerprint density at radius 2 is 2.04 bits per heavy atom. The summed E-state index contributed by atoms with van der Waals surface area (Å²) in [7, 11) is 0. The van der Waals surface area contributed by atoms with Crippen LogP contribution in [0.3, 0.4) is 0 Å². The Hall–Kier alpha value is -2.63. The summed E-state index contributed by atoms with van der Waals surface area (Å²) in [6.07, 6.45) is 6.90. The number of carbonyl (C=O) groups is 2. The maximum Gasteiger partial charge on any atom is 0.247 e. The number of para-hydroxylation sites is 2. The lowest BCUT2D eigenvalue weighted by molar-refractivity contribution is -0.133. The van der Waals surface area contributed by atoms with E-state index in [4.69, 9.17) is 10.2 Å². The number of hydrogen-bond donors (Lipinski definition) is 1. The van der Waals surface area contributed by atoms with Crippen LogP contribution < -0.4 is 5.73 Å². The molecule has 1 aliphatic carbocycles. The smallest absolute Gasteiger partial charge is 0.247 e. The van der Waals surface area contributed by atoms with Crippen LogP contribution in [0, 0.1) is 0 Å². The highest BCUT2D eigenvalue weighted by atomic mass is 16.3. The van der Waals surface area contributed by atoms with Gasteiger partial charge in [-0.25, -0.2) is 4.98 Å². The van der Waals surface area contributed by atoms with Crippen molar-refractivity contribution in [2.75, 3.05) is 6.54 Å². The van der Waals surface area contributed by atoms with Gasteiger partial charge in [0.15, 0.2) is 5.58 Å². The average Bonchev–Trinajstić information content (AvgIpc) is 3.18.